The molecule has 0 aliphatic heterocycles. The van der Waals surface area contributed by atoms with E-state index in [2.05, 4.69) is 11.2 Å². The smallest absolute Gasteiger partial charge is 0.368 e. The maximum atomic E-state index is 12.8. The van der Waals surface area contributed by atoms with Crippen molar-refractivity contribution in [2.45, 2.75) is 44.1 Å². The van der Waals surface area contributed by atoms with E-state index < -0.39 is 53.3 Å². The first-order valence-corrected chi connectivity index (χ1v) is 7.65. The standard InChI is InChI=1S/C17H16F6N2O2/c1-2-3-4-5-13(15(24)27)25-14(26)8-10-6-11(16(18,19)20)9-12(7-10)17(21,22)23/h1,6-7,9,13H,3-5,8H2,(H2,24,27)(H,25,26)/t13-/m1/s1. The van der Waals surface area contributed by atoms with Gasteiger partial charge in [0, 0.05) is 6.42 Å². The number of nitrogens with one attached hydrogen (secondary N) is 1. The Bertz CT molecular complexity index is 702. The molecule has 0 spiro atoms. The number of carbonyl (C=O) groups is 2. The molecule has 3 N–H and O–H groups in total. The fourth-order valence-electron chi connectivity index (χ4n) is 2.25. The van der Waals surface area contributed by atoms with Gasteiger partial charge in [0.2, 0.25) is 11.8 Å². The predicted octanol–water partition coefficient (Wildman–Crippen LogP) is 3.04. The van der Waals surface area contributed by atoms with E-state index >= 15 is 0 Å². The number of primary amides is 1. The molecule has 1 atom stereocenters. The van der Waals surface area contributed by atoms with Gasteiger partial charge in [-0.2, -0.15) is 26.3 Å². The third-order valence-electron chi connectivity index (χ3n) is 3.50. The second kappa shape index (κ2) is 8.79. The number of benzene rings is 1. The second-order valence-corrected chi connectivity index (χ2v) is 5.71. The Morgan fingerprint density at radius 3 is 2.00 bits per heavy atom. The molecule has 0 saturated carbocycles. The van der Waals surface area contributed by atoms with Crippen molar-refractivity contribution in [3.05, 3.63) is 34.9 Å². The number of rotatable bonds is 7. The third kappa shape index (κ3) is 7.21. The third-order valence-corrected chi connectivity index (χ3v) is 3.50. The molecule has 0 aliphatic carbocycles. The Labute approximate surface area is 151 Å². The van der Waals surface area contributed by atoms with Crippen LogP contribution in [0.5, 0.6) is 0 Å². The van der Waals surface area contributed by atoms with E-state index in [0.717, 1.165) is 0 Å². The Hall–Kier alpha value is -2.70. The average molecular weight is 394 g/mol. The van der Waals surface area contributed by atoms with E-state index in [4.69, 9.17) is 12.2 Å². The Morgan fingerprint density at radius 1 is 1.07 bits per heavy atom. The fraction of sp³-hybridized carbons (Fsp3) is 0.412. The quantitative estimate of drug-likeness (QED) is 0.424. The summed E-state index contributed by atoms with van der Waals surface area (Å²) in [6, 6.07) is -0.259. The van der Waals surface area contributed by atoms with Crippen LogP contribution >= 0.6 is 0 Å². The lowest BCUT2D eigenvalue weighted by atomic mass is 10.0. The van der Waals surface area contributed by atoms with Crippen LogP contribution in [-0.4, -0.2) is 17.9 Å². The van der Waals surface area contributed by atoms with Gasteiger partial charge >= 0.3 is 12.4 Å². The summed E-state index contributed by atoms with van der Waals surface area (Å²) in [4.78, 5) is 23.3. The molecule has 0 unspecified atom stereocenters. The molecule has 1 rings (SSSR count). The molecule has 0 heterocycles. The van der Waals surface area contributed by atoms with Crippen LogP contribution in [0.4, 0.5) is 26.3 Å². The molecule has 0 aromatic heterocycles. The second-order valence-electron chi connectivity index (χ2n) is 5.71. The highest BCUT2D eigenvalue weighted by Crippen LogP contribution is 2.36. The van der Waals surface area contributed by atoms with Crippen LogP contribution in [0.25, 0.3) is 0 Å². The van der Waals surface area contributed by atoms with Crippen LogP contribution in [0.2, 0.25) is 0 Å². The maximum Gasteiger partial charge on any atom is 0.416 e. The summed E-state index contributed by atoms with van der Waals surface area (Å²) >= 11 is 0. The lowest BCUT2D eigenvalue weighted by Crippen LogP contribution is -2.45. The Balaban J connectivity index is 3.00. The normalized spacial score (nSPS) is 12.9. The molecule has 4 nitrogen and oxygen atoms in total. The van der Waals surface area contributed by atoms with Crippen molar-refractivity contribution in [3.8, 4) is 12.3 Å². The minimum Gasteiger partial charge on any atom is -0.368 e. The van der Waals surface area contributed by atoms with Gasteiger partial charge < -0.3 is 11.1 Å². The molecule has 148 valence electrons. The summed E-state index contributed by atoms with van der Waals surface area (Å²) in [5.74, 6) is 0.491. The summed E-state index contributed by atoms with van der Waals surface area (Å²) in [5, 5.41) is 2.20. The average Bonchev–Trinajstić information content (AvgIpc) is 2.52. The highest BCUT2D eigenvalue weighted by Gasteiger charge is 2.37. The number of nitrogens with two attached hydrogens (primary N) is 1. The number of amides is 2. The van der Waals surface area contributed by atoms with Gasteiger partial charge in [-0.05, 0) is 36.6 Å². The minimum atomic E-state index is -5.02. The van der Waals surface area contributed by atoms with Crippen molar-refractivity contribution in [1.82, 2.24) is 5.32 Å². The van der Waals surface area contributed by atoms with Crippen molar-refractivity contribution in [3.63, 3.8) is 0 Å². The molecular formula is C17H16F6N2O2. The van der Waals surface area contributed by atoms with Crippen LogP contribution in [0.1, 0.15) is 36.0 Å². The zero-order valence-corrected chi connectivity index (χ0v) is 13.9. The van der Waals surface area contributed by atoms with E-state index in [1.807, 2.05) is 0 Å². The Morgan fingerprint density at radius 2 is 1.59 bits per heavy atom. The summed E-state index contributed by atoms with van der Waals surface area (Å²) in [6.07, 6.45) is -5.00. The van der Waals surface area contributed by atoms with Crippen molar-refractivity contribution >= 4 is 11.8 Å². The summed E-state index contributed by atoms with van der Waals surface area (Å²) in [7, 11) is 0. The van der Waals surface area contributed by atoms with Gasteiger partial charge in [0.25, 0.3) is 0 Å². The maximum absolute atomic E-state index is 12.8. The van der Waals surface area contributed by atoms with E-state index in [1.165, 1.54) is 0 Å². The molecule has 1 aromatic carbocycles. The first-order chi connectivity index (χ1) is 12.3. The van der Waals surface area contributed by atoms with Gasteiger partial charge in [0.1, 0.15) is 6.04 Å². The largest absolute Gasteiger partial charge is 0.416 e. The zero-order valence-electron chi connectivity index (χ0n) is 13.9. The number of hydrogen-bond donors (Lipinski definition) is 2. The highest BCUT2D eigenvalue weighted by atomic mass is 19.4. The Kier molecular flexibility index (Phi) is 7.28. The van der Waals surface area contributed by atoms with Gasteiger partial charge in [-0.3, -0.25) is 9.59 Å². The van der Waals surface area contributed by atoms with Crippen molar-refractivity contribution < 1.29 is 35.9 Å². The molecule has 10 heteroatoms. The van der Waals surface area contributed by atoms with Crippen LogP contribution in [0, 0.1) is 12.3 Å². The molecule has 0 fully saturated rings. The van der Waals surface area contributed by atoms with Crippen molar-refractivity contribution in [2.75, 3.05) is 0 Å². The SMILES string of the molecule is C#CCCC[C@@H](NC(=O)Cc1cc(C(F)(F)F)cc(C(F)(F)F)c1)C(N)=O. The molecule has 2 amide bonds. The van der Waals surface area contributed by atoms with E-state index in [9.17, 15) is 35.9 Å². The summed E-state index contributed by atoms with van der Waals surface area (Å²) in [6.45, 7) is 0. The van der Waals surface area contributed by atoms with E-state index in [1.54, 1.807) is 0 Å². The van der Waals surface area contributed by atoms with Crippen LogP contribution in [0.3, 0.4) is 0 Å². The van der Waals surface area contributed by atoms with Crippen LogP contribution < -0.4 is 11.1 Å². The van der Waals surface area contributed by atoms with Crippen molar-refractivity contribution in [2.24, 2.45) is 5.73 Å². The van der Waals surface area contributed by atoms with Gasteiger partial charge in [-0.25, -0.2) is 0 Å². The highest BCUT2D eigenvalue weighted by molar-refractivity contribution is 5.87. The molecule has 27 heavy (non-hydrogen) atoms. The molecule has 0 aliphatic rings. The molecular weight excluding hydrogens is 378 g/mol. The fourth-order valence-corrected chi connectivity index (χ4v) is 2.25. The number of unbranched alkanes of at least 4 members (excludes halogenated alkanes) is 1. The molecule has 0 saturated heterocycles. The first-order valence-electron chi connectivity index (χ1n) is 7.65. The van der Waals surface area contributed by atoms with Gasteiger partial charge in [-0.15, -0.1) is 12.3 Å². The van der Waals surface area contributed by atoms with E-state index in [-0.39, 0.29) is 12.5 Å². The summed E-state index contributed by atoms with van der Waals surface area (Å²) < 4.78 is 76.9. The predicted molar refractivity (Wildman–Crippen MR) is 84.0 cm³/mol. The topological polar surface area (TPSA) is 72.2 Å². The molecule has 0 bridgehead atoms. The van der Waals surface area contributed by atoms with Gasteiger partial charge in [-0.1, -0.05) is 0 Å². The molecule has 1 aromatic rings. The number of terminal acetylenes is 1. The zero-order chi connectivity index (χ0) is 20.8. The van der Waals surface area contributed by atoms with Crippen LogP contribution in [-0.2, 0) is 28.4 Å². The van der Waals surface area contributed by atoms with Crippen LogP contribution in [0.15, 0.2) is 18.2 Å². The summed E-state index contributed by atoms with van der Waals surface area (Å²) in [5.41, 5.74) is 1.57. The number of carbonyl (C=O) groups excluding carboxylic acids is 2. The van der Waals surface area contributed by atoms with Gasteiger partial charge in [0.05, 0.1) is 17.5 Å². The lowest BCUT2D eigenvalue weighted by molar-refractivity contribution is -0.143. The van der Waals surface area contributed by atoms with Gasteiger partial charge in [0.15, 0.2) is 0 Å². The minimum absolute atomic E-state index is 0.0343. The number of halogens is 6. The number of hydrogen-bond acceptors (Lipinski definition) is 2. The first kappa shape index (κ1) is 22.3. The number of alkyl halides is 6. The van der Waals surface area contributed by atoms with E-state index in [0.29, 0.717) is 25.0 Å². The van der Waals surface area contributed by atoms with Crippen molar-refractivity contribution in [1.29, 1.82) is 0 Å². The lowest BCUT2D eigenvalue weighted by Gasteiger charge is -2.16. The molecule has 0 radical (unpaired) electrons. The monoisotopic (exact) mass is 394 g/mol.